The van der Waals surface area contributed by atoms with Gasteiger partial charge in [0, 0.05) is 24.9 Å². The molecule has 1 aromatic carbocycles. The van der Waals surface area contributed by atoms with Gasteiger partial charge in [0.2, 0.25) is 17.6 Å². The molecule has 142 valence electrons. The Hall–Kier alpha value is -2.21. The number of rotatable bonds is 9. The van der Waals surface area contributed by atoms with Crippen LogP contribution in [0.3, 0.4) is 0 Å². The van der Waals surface area contributed by atoms with Crippen molar-refractivity contribution in [2.45, 2.75) is 64.8 Å². The zero-order valence-corrected chi connectivity index (χ0v) is 16.2. The second-order valence-corrected chi connectivity index (χ2v) is 7.03. The molecule has 0 aliphatic heterocycles. The Bertz CT molecular complexity index is 695. The van der Waals surface area contributed by atoms with E-state index in [1.165, 1.54) is 5.56 Å². The number of hydrogen-bond acceptors (Lipinski definition) is 5. The third-order valence-corrected chi connectivity index (χ3v) is 5.02. The van der Waals surface area contributed by atoms with Gasteiger partial charge in [0.05, 0.1) is 5.54 Å². The van der Waals surface area contributed by atoms with E-state index >= 15 is 0 Å². The number of hydrogen-bond donors (Lipinski definition) is 2. The molecule has 0 aliphatic rings. The van der Waals surface area contributed by atoms with E-state index in [-0.39, 0.29) is 11.4 Å². The van der Waals surface area contributed by atoms with Crippen molar-refractivity contribution in [3.63, 3.8) is 0 Å². The molecule has 0 bridgehead atoms. The van der Waals surface area contributed by atoms with Gasteiger partial charge in [0.15, 0.2) is 0 Å². The normalized spacial score (nSPS) is 11.8. The molecule has 1 heterocycles. The van der Waals surface area contributed by atoms with Crippen molar-refractivity contribution < 1.29 is 9.32 Å². The third kappa shape index (κ3) is 4.91. The number of aromatic nitrogens is 2. The van der Waals surface area contributed by atoms with Crippen LogP contribution in [0, 0.1) is 0 Å². The summed E-state index contributed by atoms with van der Waals surface area (Å²) >= 11 is 0. The van der Waals surface area contributed by atoms with E-state index < -0.39 is 0 Å². The van der Waals surface area contributed by atoms with Gasteiger partial charge in [-0.05, 0) is 24.3 Å². The first-order valence-electron chi connectivity index (χ1n) is 9.37. The smallest absolute Gasteiger partial charge is 0.227 e. The molecule has 2 rings (SSSR count). The van der Waals surface area contributed by atoms with Gasteiger partial charge in [-0.15, -0.1) is 0 Å². The lowest BCUT2D eigenvalue weighted by atomic mass is 9.92. The van der Waals surface area contributed by atoms with Crippen LogP contribution >= 0.6 is 0 Å². The lowest BCUT2D eigenvalue weighted by molar-refractivity contribution is -0.123. The first-order chi connectivity index (χ1) is 12.4. The summed E-state index contributed by atoms with van der Waals surface area (Å²) in [6.45, 7) is 8.81. The number of carbonyl (C=O) groups excluding carboxylic acids is 1. The number of benzene rings is 1. The number of carbonyl (C=O) groups is 1. The first-order valence-corrected chi connectivity index (χ1v) is 9.37. The fourth-order valence-corrected chi connectivity index (χ4v) is 2.84. The van der Waals surface area contributed by atoms with E-state index in [4.69, 9.17) is 10.3 Å². The number of nitrogens with zero attached hydrogens (tertiary/aromatic N) is 2. The molecule has 0 aliphatic carbocycles. The molecule has 26 heavy (non-hydrogen) atoms. The molecule has 0 atom stereocenters. The molecule has 3 N–H and O–H groups in total. The SMILES string of the molecule is CCC(CC)(CN)NC(=O)CCc1nc(-c2ccc(C(C)C)cc2)no1. The highest BCUT2D eigenvalue weighted by molar-refractivity contribution is 5.77. The van der Waals surface area contributed by atoms with E-state index in [0.717, 1.165) is 18.4 Å². The van der Waals surface area contributed by atoms with Crippen molar-refractivity contribution in [1.82, 2.24) is 15.5 Å². The average Bonchev–Trinajstić information content (AvgIpc) is 3.14. The fraction of sp³-hybridized carbons (Fsp3) is 0.550. The molecule has 0 saturated heterocycles. The van der Waals surface area contributed by atoms with Crippen LogP contribution in [0.4, 0.5) is 0 Å². The summed E-state index contributed by atoms with van der Waals surface area (Å²) < 4.78 is 5.29. The van der Waals surface area contributed by atoms with Gasteiger partial charge >= 0.3 is 0 Å². The summed E-state index contributed by atoms with van der Waals surface area (Å²) in [6.07, 6.45) is 2.33. The Morgan fingerprint density at radius 1 is 1.23 bits per heavy atom. The summed E-state index contributed by atoms with van der Waals surface area (Å²) in [6, 6.07) is 8.14. The van der Waals surface area contributed by atoms with Gasteiger partial charge in [-0.3, -0.25) is 4.79 Å². The molecule has 1 amide bonds. The van der Waals surface area contributed by atoms with Crippen LogP contribution in [0.15, 0.2) is 28.8 Å². The number of amides is 1. The molecule has 6 heteroatoms. The summed E-state index contributed by atoms with van der Waals surface area (Å²) in [5.41, 5.74) is 7.68. The Balaban J connectivity index is 1.95. The predicted octanol–water partition coefficient (Wildman–Crippen LogP) is 3.43. The van der Waals surface area contributed by atoms with Gasteiger partial charge < -0.3 is 15.6 Å². The zero-order valence-electron chi connectivity index (χ0n) is 16.2. The average molecular weight is 358 g/mol. The highest BCUT2D eigenvalue weighted by Gasteiger charge is 2.26. The minimum atomic E-state index is -0.324. The largest absolute Gasteiger partial charge is 0.349 e. The van der Waals surface area contributed by atoms with Gasteiger partial charge in [0.1, 0.15) is 0 Å². The van der Waals surface area contributed by atoms with E-state index in [1.54, 1.807) is 0 Å². The molecule has 2 aromatic rings. The van der Waals surface area contributed by atoms with E-state index in [1.807, 2.05) is 26.0 Å². The second-order valence-electron chi connectivity index (χ2n) is 7.03. The van der Waals surface area contributed by atoms with Gasteiger partial charge in [-0.25, -0.2) is 0 Å². The standard InChI is InChI=1S/C20H30N4O2/c1-5-20(6-2,13-21)23-17(25)11-12-18-22-19(24-26-18)16-9-7-15(8-10-16)14(3)4/h7-10,14H,5-6,11-13,21H2,1-4H3,(H,23,25). The van der Waals surface area contributed by atoms with Crippen LogP contribution in [0.25, 0.3) is 11.4 Å². The van der Waals surface area contributed by atoms with Gasteiger partial charge in [0.25, 0.3) is 0 Å². The van der Waals surface area contributed by atoms with Crippen LogP contribution in [-0.2, 0) is 11.2 Å². The number of nitrogens with two attached hydrogens (primary N) is 1. The lowest BCUT2D eigenvalue weighted by Gasteiger charge is -2.31. The molecule has 0 spiro atoms. The van der Waals surface area contributed by atoms with E-state index in [0.29, 0.717) is 37.0 Å². The number of aryl methyl sites for hydroxylation is 1. The zero-order chi connectivity index (χ0) is 19.2. The van der Waals surface area contributed by atoms with Crippen molar-refractivity contribution >= 4 is 5.91 Å². The van der Waals surface area contributed by atoms with Crippen LogP contribution in [0.2, 0.25) is 0 Å². The Kier molecular flexibility index (Phi) is 6.91. The minimum absolute atomic E-state index is 0.0415. The van der Waals surface area contributed by atoms with E-state index in [9.17, 15) is 4.79 Å². The van der Waals surface area contributed by atoms with Crippen molar-refractivity contribution in [2.24, 2.45) is 5.73 Å². The molecule has 1 aromatic heterocycles. The summed E-state index contributed by atoms with van der Waals surface area (Å²) in [5, 5.41) is 7.08. The maximum Gasteiger partial charge on any atom is 0.227 e. The lowest BCUT2D eigenvalue weighted by Crippen LogP contribution is -2.52. The van der Waals surface area contributed by atoms with Crippen molar-refractivity contribution in [3.05, 3.63) is 35.7 Å². The van der Waals surface area contributed by atoms with Gasteiger partial charge in [-0.2, -0.15) is 4.98 Å². The van der Waals surface area contributed by atoms with Crippen LogP contribution in [-0.4, -0.2) is 28.1 Å². The quantitative estimate of drug-likeness (QED) is 0.716. The third-order valence-electron chi connectivity index (χ3n) is 5.02. The molecule has 0 unspecified atom stereocenters. The van der Waals surface area contributed by atoms with Gasteiger partial charge in [-0.1, -0.05) is 57.1 Å². The Labute approximate surface area is 155 Å². The topological polar surface area (TPSA) is 94.0 Å². The highest BCUT2D eigenvalue weighted by Crippen LogP contribution is 2.21. The number of nitrogens with one attached hydrogen (secondary N) is 1. The van der Waals surface area contributed by atoms with Crippen molar-refractivity contribution in [3.8, 4) is 11.4 Å². The Morgan fingerprint density at radius 2 is 1.88 bits per heavy atom. The van der Waals surface area contributed by atoms with E-state index in [2.05, 4.69) is 41.4 Å². The molecular formula is C20H30N4O2. The fourth-order valence-electron chi connectivity index (χ4n) is 2.84. The molecular weight excluding hydrogens is 328 g/mol. The van der Waals surface area contributed by atoms with Crippen molar-refractivity contribution in [1.29, 1.82) is 0 Å². The Morgan fingerprint density at radius 3 is 2.42 bits per heavy atom. The maximum atomic E-state index is 12.2. The van der Waals surface area contributed by atoms with Crippen LogP contribution < -0.4 is 11.1 Å². The van der Waals surface area contributed by atoms with Crippen molar-refractivity contribution in [2.75, 3.05) is 6.54 Å². The monoisotopic (exact) mass is 358 g/mol. The summed E-state index contributed by atoms with van der Waals surface area (Å²) in [4.78, 5) is 16.6. The molecule has 0 saturated carbocycles. The second kappa shape index (κ2) is 8.94. The minimum Gasteiger partial charge on any atom is -0.349 e. The van der Waals surface area contributed by atoms with Crippen LogP contribution in [0.5, 0.6) is 0 Å². The summed E-state index contributed by atoms with van der Waals surface area (Å²) in [7, 11) is 0. The molecule has 6 nitrogen and oxygen atoms in total. The molecule has 0 fully saturated rings. The highest BCUT2D eigenvalue weighted by atomic mass is 16.5. The predicted molar refractivity (Wildman–Crippen MR) is 103 cm³/mol. The van der Waals surface area contributed by atoms with Crippen LogP contribution in [0.1, 0.15) is 64.3 Å². The summed E-state index contributed by atoms with van der Waals surface area (Å²) in [5.74, 6) is 1.46. The molecule has 0 radical (unpaired) electrons. The first kappa shape index (κ1) is 20.1. The maximum absolute atomic E-state index is 12.2.